The summed E-state index contributed by atoms with van der Waals surface area (Å²) in [6, 6.07) is 12.4. The Balaban J connectivity index is 1.33. The fourth-order valence-electron chi connectivity index (χ4n) is 5.06. The van der Waals surface area contributed by atoms with Crippen LogP contribution in [0.15, 0.2) is 53.2 Å². The third-order valence-electron chi connectivity index (χ3n) is 6.65. The minimum Gasteiger partial charge on any atom is -0.492 e. The van der Waals surface area contributed by atoms with Crippen molar-refractivity contribution >= 4 is 22.8 Å². The summed E-state index contributed by atoms with van der Waals surface area (Å²) in [4.78, 5) is 6.74. The van der Waals surface area contributed by atoms with Crippen LogP contribution in [0, 0.1) is 0 Å². The summed E-state index contributed by atoms with van der Waals surface area (Å²) in [6.45, 7) is 8.01. The Morgan fingerprint density at radius 2 is 1.66 bits per heavy atom. The van der Waals surface area contributed by atoms with Gasteiger partial charge in [-0.3, -0.25) is 4.90 Å². The van der Waals surface area contributed by atoms with Gasteiger partial charge in [0.05, 0.1) is 18.9 Å². The van der Waals surface area contributed by atoms with Crippen LogP contribution in [-0.2, 0) is 6.54 Å². The number of fused-ring (bicyclic) bond motifs is 1. The van der Waals surface area contributed by atoms with E-state index in [-0.39, 0.29) is 6.01 Å². The summed E-state index contributed by atoms with van der Waals surface area (Å²) in [5.74, 6) is 2.07. The van der Waals surface area contributed by atoms with Crippen LogP contribution in [0.4, 0.5) is 11.7 Å². The molecule has 0 atom stereocenters. The van der Waals surface area contributed by atoms with Gasteiger partial charge in [-0.25, -0.2) is 0 Å². The molecule has 2 aromatic carbocycles. The largest absolute Gasteiger partial charge is 0.492 e. The van der Waals surface area contributed by atoms with Gasteiger partial charge in [-0.05, 0) is 87.2 Å². The number of anilines is 2. The molecule has 8 nitrogen and oxygen atoms in total. The van der Waals surface area contributed by atoms with Crippen molar-refractivity contribution in [1.29, 1.82) is 0 Å². The molecule has 0 saturated carbocycles. The Morgan fingerprint density at radius 1 is 1.00 bits per heavy atom. The van der Waals surface area contributed by atoms with Crippen LogP contribution in [0.5, 0.6) is 11.5 Å². The molecule has 4 aromatic rings. The van der Waals surface area contributed by atoms with Crippen LogP contribution in [-0.4, -0.2) is 40.8 Å². The molecule has 8 heteroatoms. The number of nitrogens with zero attached hydrogens (tertiary/aromatic N) is 3. The van der Waals surface area contributed by atoms with E-state index in [4.69, 9.17) is 25.4 Å². The second kappa shape index (κ2) is 9.92. The van der Waals surface area contributed by atoms with E-state index in [2.05, 4.69) is 32.7 Å². The first-order valence-electron chi connectivity index (χ1n) is 12.3. The average Bonchev–Trinajstić information content (AvgIpc) is 3.50. The molecule has 0 spiro atoms. The number of aromatic nitrogens is 2. The molecule has 4 N–H and O–H groups in total. The Morgan fingerprint density at radius 3 is 2.29 bits per heavy atom. The predicted molar refractivity (Wildman–Crippen MR) is 138 cm³/mol. The van der Waals surface area contributed by atoms with Gasteiger partial charge in [0.25, 0.3) is 6.01 Å². The van der Waals surface area contributed by atoms with Gasteiger partial charge in [0, 0.05) is 18.9 Å². The van der Waals surface area contributed by atoms with Crippen molar-refractivity contribution in [3.05, 3.63) is 59.9 Å². The molecule has 184 valence electrons. The minimum absolute atomic E-state index is 0.152. The summed E-state index contributed by atoms with van der Waals surface area (Å²) < 4.78 is 19.6. The summed E-state index contributed by atoms with van der Waals surface area (Å²) >= 11 is 0. The number of piperidine rings is 1. The molecule has 0 radical (unpaired) electrons. The molecule has 1 aliphatic heterocycles. The lowest BCUT2D eigenvalue weighted by atomic mass is 9.88. The van der Waals surface area contributed by atoms with Crippen LogP contribution in [0.2, 0.25) is 0 Å². The number of hydrogen-bond donors (Lipinski definition) is 2. The van der Waals surface area contributed by atoms with Crippen LogP contribution in [0.1, 0.15) is 43.7 Å². The van der Waals surface area contributed by atoms with E-state index in [1.54, 1.807) is 0 Å². The third kappa shape index (κ3) is 4.66. The number of ether oxygens (including phenoxy) is 2. The number of rotatable bonds is 8. The highest BCUT2D eigenvalue weighted by Gasteiger charge is 2.25. The van der Waals surface area contributed by atoms with Crippen molar-refractivity contribution in [1.82, 2.24) is 14.5 Å². The number of likely N-dealkylation sites (tertiary alicyclic amines) is 1. The van der Waals surface area contributed by atoms with E-state index >= 15 is 0 Å². The summed E-state index contributed by atoms with van der Waals surface area (Å²) in [7, 11) is 0. The number of nitrogens with two attached hydrogens (primary N) is 2. The van der Waals surface area contributed by atoms with Crippen LogP contribution in [0.3, 0.4) is 0 Å². The van der Waals surface area contributed by atoms with E-state index in [1.165, 1.54) is 5.56 Å². The highest BCUT2D eigenvalue weighted by atomic mass is 16.5. The highest BCUT2D eigenvalue weighted by Crippen LogP contribution is 2.38. The lowest BCUT2D eigenvalue weighted by Gasteiger charge is -2.33. The van der Waals surface area contributed by atoms with Crippen molar-refractivity contribution in [2.75, 3.05) is 37.8 Å². The van der Waals surface area contributed by atoms with Gasteiger partial charge >= 0.3 is 0 Å². The topological polar surface area (TPSA) is 105 Å². The Labute approximate surface area is 205 Å². The normalized spacial score (nSPS) is 15.0. The first-order valence-corrected chi connectivity index (χ1v) is 12.3. The van der Waals surface area contributed by atoms with Gasteiger partial charge in [0.15, 0.2) is 5.58 Å². The van der Waals surface area contributed by atoms with E-state index in [0.29, 0.717) is 35.9 Å². The average molecular weight is 476 g/mol. The van der Waals surface area contributed by atoms with Gasteiger partial charge in [0.2, 0.25) is 0 Å². The van der Waals surface area contributed by atoms with Gasteiger partial charge in [-0.15, -0.1) is 0 Å². The lowest BCUT2D eigenvalue weighted by Crippen LogP contribution is -2.32. The molecule has 35 heavy (non-hydrogen) atoms. The van der Waals surface area contributed by atoms with E-state index < -0.39 is 0 Å². The van der Waals surface area contributed by atoms with Gasteiger partial charge in [-0.1, -0.05) is 6.07 Å². The number of oxazole rings is 1. The van der Waals surface area contributed by atoms with Crippen LogP contribution < -0.4 is 20.9 Å². The smallest absolute Gasteiger partial charge is 0.293 e. The summed E-state index contributed by atoms with van der Waals surface area (Å²) in [5, 5.41) is 0. The van der Waals surface area contributed by atoms with Crippen molar-refractivity contribution in [2.24, 2.45) is 0 Å². The maximum atomic E-state index is 6.44. The standard InChI is InChI=1S/C27H33N5O3/c1-3-33-22-15-18(16-23(34-4-2)26(22)32-11-5-6-12-32)17-31-13-9-19(10-14-31)20-7-8-21-25(24(20)28)30-27(29)35-21/h5-8,11-12,15-16,19H,3-4,9-10,13-14,17,28H2,1-2H3,(H2,29,30). The zero-order valence-corrected chi connectivity index (χ0v) is 20.4. The first-order chi connectivity index (χ1) is 17.1. The van der Waals surface area contributed by atoms with E-state index in [0.717, 1.165) is 55.2 Å². The van der Waals surface area contributed by atoms with Crippen LogP contribution >= 0.6 is 0 Å². The van der Waals surface area contributed by atoms with Crippen molar-refractivity contribution in [3.63, 3.8) is 0 Å². The molecule has 0 unspecified atom stereocenters. The maximum Gasteiger partial charge on any atom is 0.293 e. The van der Waals surface area contributed by atoms with Crippen LogP contribution in [0.25, 0.3) is 16.8 Å². The number of nitrogen functional groups attached to an aromatic ring is 2. The Hall–Kier alpha value is -3.65. The van der Waals surface area contributed by atoms with Crippen molar-refractivity contribution < 1.29 is 13.9 Å². The molecule has 2 aromatic heterocycles. The highest BCUT2D eigenvalue weighted by molar-refractivity contribution is 5.88. The summed E-state index contributed by atoms with van der Waals surface area (Å²) in [5.41, 5.74) is 17.4. The fourth-order valence-corrected chi connectivity index (χ4v) is 5.06. The SMILES string of the molecule is CCOc1cc(CN2CCC(c3ccc4oc(N)nc4c3N)CC2)cc(OCC)c1-n1cccc1. The Bertz CT molecular complexity index is 1260. The van der Waals surface area contributed by atoms with Gasteiger partial charge in [0.1, 0.15) is 22.7 Å². The van der Waals surface area contributed by atoms with E-state index in [1.807, 2.05) is 44.4 Å². The maximum absolute atomic E-state index is 6.44. The number of benzene rings is 2. The number of hydrogen-bond acceptors (Lipinski definition) is 7. The lowest BCUT2D eigenvalue weighted by molar-refractivity contribution is 0.204. The van der Waals surface area contributed by atoms with Gasteiger partial charge in [-0.2, -0.15) is 4.98 Å². The zero-order chi connectivity index (χ0) is 24.4. The molecular formula is C27H33N5O3. The van der Waals surface area contributed by atoms with Crippen molar-refractivity contribution in [2.45, 2.75) is 39.2 Å². The van der Waals surface area contributed by atoms with E-state index in [9.17, 15) is 0 Å². The van der Waals surface area contributed by atoms with Crippen molar-refractivity contribution in [3.8, 4) is 17.2 Å². The second-order valence-corrected chi connectivity index (χ2v) is 8.91. The molecular weight excluding hydrogens is 442 g/mol. The summed E-state index contributed by atoms with van der Waals surface area (Å²) in [6.07, 6.45) is 6.09. The first kappa shape index (κ1) is 23.1. The predicted octanol–water partition coefficient (Wildman–Crippen LogP) is 4.96. The fraction of sp³-hybridized carbons (Fsp3) is 0.370. The second-order valence-electron chi connectivity index (χ2n) is 8.91. The minimum atomic E-state index is 0.152. The monoisotopic (exact) mass is 475 g/mol. The molecule has 0 aliphatic carbocycles. The molecule has 1 fully saturated rings. The molecule has 1 aliphatic rings. The molecule has 5 rings (SSSR count). The Kier molecular flexibility index (Phi) is 6.55. The molecule has 3 heterocycles. The zero-order valence-electron chi connectivity index (χ0n) is 20.4. The quantitative estimate of drug-likeness (QED) is 0.347. The molecule has 0 bridgehead atoms. The molecule has 0 amide bonds. The molecule has 1 saturated heterocycles. The third-order valence-corrected chi connectivity index (χ3v) is 6.65. The van der Waals surface area contributed by atoms with Gasteiger partial charge < -0.3 is 29.9 Å².